The molecule has 0 aliphatic carbocycles. The first kappa shape index (κ1) is 13.2. The predicted octanol–water partition coefficient (Wildman–Crippen LogP) is 3.09. The van der Waals surface area contributed by atoms with Gasteiger partial charge in [0.2, 0.25) is 0 Å². The summed E-state index contributed by atoms with van der Waals surface area (Å²) in [5, 5.41) is 4.42. The quantitative estimate of drug-likeness (QED) is 0.728. The summed E-state index contributed by atoms with van der Waals surface area (Å²) < 4.78 is 1.87. The number of aromatic nitrogens is 4. The molecule has 3 aromatic rings. The van der Waals surface area contributed by atoms with Crippen molar-refractivity contribution in [1.82, 2.24) is 19.6 Å². The minimum absolute atomic E-state index is 0.861. The van der Waals surface area contributed by atoms with Crippen molar-refractivity contribution in [2.24, 2.45) is 0 Å². The van der Waals surface area contributed by atoms with Crippen molar-refractivity contribution >= 4 is 11.5 Å². The fourth-order valence-corrected chi connectivity index (χ4v) is 3.15. The fourth-order valence-electron chi connectivity index (χ4n) is 3.15. The van der Waals surface area contributed by atoms with Crippen LogP contribution in [-0.2, 0) is 0 Å². The molecule has 1 aliphatic rings. The molecule has 0 aromatic carbocycles. The Morgan fingerprint density at radius 1 is 0.955 bits per heavy atom. The molecule has 0 atom stereocenters. The average molecular weight is 293 g/mol. The van der Waals surface area contributed by atoms with Gasteiger partial charge in [-0.15, -0.1) is 0 Å². The molecule has 0 N–H and O–H groups in total. The second kappa shape index (κ2) is 5.40. The highest BCUT2D eigenvalue weighted by Gasteiger charge is 2.16. The molecule has 0 unspecified atom stereocenters. The van der Waals surface area contributed by atoms with Crippen LogP contribution in [0.2, 0.25) is 0 Å². The lowest BCUT2D eigenvalue weighted by Gasteiger charge is -2.27. The maximum atomic E-state index is 4.87. The second-order valence-electron chi connectivity index (χ2n) is 5.77. The zero-order valence-corrected chi connectivity index (χ0v) is 12.7. The Morgan fingerprint density at radius 3 is 2.68 bits per heavy atom. The van der Waals surface area contributed by atoms with Gasteiger partial charge in [0.25, 0.3) is 0 Å². The molecular formula is C17H19N5. The largest absolute Gasteiger partial charge is 0.357 e. The van der Waals surface area contributed by atoms with E-state index in [4.69, 9.17) is 4.98 Å². The van der Waals surface area contributed by atoms with E-state index in [9.17, 15) is 0 Å². The van der Waals surface area contributed by atoms with Gasteiger partial charge < -0.3 is 4.90 Å². The summed E-state index contributed by atoms with van der Waals surface area (Å²) in [6.07, 6.45) is 5.61. The zero-order chi connectivity index (χ0) is 14.9. The molecular weight excluding hydrogens is 274 g/mol. The molecule has 0 amide bonds. The van der Waals surface area contributed by atoms with Gasteiger partial charge in [0.15, 0.2) is 5.65 Å². The van der Waals surface area contributed by atoms with E-state index in [-0.39, 0.29) is 0 Å². The van der Waals surface area contributed by atoms with Gasteiger partial charge in [-0.1, -0.05) is 6.07 Å². The summed E-state index contributed by atoms with van der Waals surface area (Å²) in [5.41, 5.74) is 3.74. The molecule has 22 heavy (non-hydrogen) atoms. The molecule has 3 aromatic heterocycles. The van der Waals surface area contributed by atoms with Crippen molar-refractivity contribution in [3.63, 3.8) is 0 Å². The minimum Gasteiger partial charge on any atom is -0.357 e. The lowest BCUT2D eigenvalue weighted by atomic mass is 10.1. The Morgan fingerprint density at radius 2 is 1.82 bits per heavy atom. The molecule has 1 aliphatic heterocycles. The highest BCUT2D eigenvalue weighted by Crippen LogP contribution is 2.25. The number of anilines is 1. The average Bonchev–Trinajstić information content (AvgIpc) is 2.91. The first-order valence-electron chi connectivity index (χ1n) is 7.86. The van der Waals surface area contributed by atoms with Crippen LogP contribution in [0.5, 0.6) is 0 Å². The summed E-state index contributed by atoms with van der Waals surface area (Å²) >= 11 is 0. The Kier molecular flexibility index (Phi) is 3.25. The fraction of sp³-hybridized carbons (Fsp3) is 0.353. The van der Waals surface area contributed by atoms with Crippen LogP contribution in [-0.4, -0.2) is 32.7 Å². The van der Waals surface area contributed by atoms with E-state index in [1.54, 1.807) is 6.20 Å². The number of piperidine rings is 1. The first-order chi connectivity index (χ1) is 10.8. The van der Waals surface area contributed by atoms with E-state index < -0.39 is 0 Å². The molecule has 1 fully saturated rings. The summed E-state index contributed by atoms with van der Waals surface area (Å²) in [7, 11) is 0. The zero-order valence-electron chi connectivity index (χ0n) is 12.7. The summed E-state index contributed by atoms with van der Waals surface area (Å²) in [6, 6.07) is 10.1. The van der Waals surface area contributed by atoms with Gasteiger partial charge >= 0.3 is 0 Å². The first-order valence-corrected chi connectivity index (χ1v) is 7.86. The summed E-state index contributed by atoms with van der Waals surface area (Å²) in [6.45, 7) is 4.21. The van der Waals surface area contributed by atoms with Gasteiger partial charge in [-0.05, 0) is 50.5 Å². The van der Waals surface area contributed by atoms with E-state index in [0.29, 0.717) is 0 Å². The lowest BCUT2D eigenvalue weighted by molar-refractivity contribution is 0.573. The molecule has 0 bridgehead atoms. The van der Waals surface area contributed by atoms with Crippen LogP contribution in [0.3, 0.4) is 0 Å². The van der Waals surface area contributed by atoms with Gasteiger partial charge in [-0.2, -0.15) is 5.10 Å². The van der Waals surface area contributed by atoms with E-state index >= 15 is 0 Å². The van der Waals surface area contributed by atoms with Crippen LogP contribution in [0.25, 0.3) is 17.0 Å². The molecule has 0 saturated carbocycles. The Hall–Kier alpha value is -2.43. The number of nitrogens with zero attached hydrogens (tertiary/aromatic N) is 5. The van der Waals surface area contributed by atoms with Gasteiger partial charge in [-0.25, -0.2) is 14.5 Å². The highest BCUT2D eigenvalue weighted by molar-refractivity contribution is 5.64. The summed E-state index contributed by atoms with van der Waals surface area (Å²) in [5.74, 6) is 1.06. The summed E-state index contributed by atoms with van der Waals surface area (Å²) in [4.78, 5) is 11.8. The molecule has 1 saturated heterocycles. The molecule has 4 heterocycles. The second-order valence-corrected chi connectivity index (χ2v) is 5.77. The lowest BCUT2D eigenvalue weighted by Crippen LogP contribution is -2.30. The van der Waals surface area contributed by atoms with Crippen LogP contribution in [0.1, 0.15) is 25.0 Å². The number of hydrogen-bond donors (Lipinski definition) is 0. The van der Waals surface area contributed by atoms with Crippen molar-refractivity contribution in [1.29, 1.82) is 0 Å². The SMILES string of the molecule is Cc1nc2cccnn2c1-c1cccc(N2CCCCC2)n1. The van der Waals surface area contributed by atoms with E-state index in [0.717, 1.165) is 41.6 Å². The van der Waals surface area contributed by atoms with Crippen LogP contribution < -0.4 is 4.90 Å². The van der Waals surface area contributed by atoms with Crippen molar-refractivity contribution in [3.05, 3.63) is 42.2 Å². The Labute approximate surface area is 129 Å². The molecule has 0 spiro atoms. The molecule has 5 nitrogen and oxygen atoms in total. The topological polar surface area (TPSA) is 46.3 Å². The normalized spacial score (nSPS) is 15.4. The maximum Gasteiger partial charge on any atom is 0.154 e. The van der Waals surface area contributed by atoms with Gasteiger partial charge in [0, 0.05) is 19.3 Å². The standard InChI is InChI=1S/C17H19N5/c1-13-17(22-16(19-13)9-6-10-18-22)14-7-5-8-15(20-14)21-11-3-2-4-12-21/h5-10H,2-4,11-12H2,1H3. The van der Waals surface area contributed by atoms with Crippen molar-refractivity contribution in [2.45, 2.75) is 26.2 Å². The van der Waals surface area contributed by atoms with Crippen LogP contribution in [0, 0.1) is 6.92 Å². The maximum absolute atomic E-state index is 4.87. The van der Waals surface area contributed by atoms with Crippen molar-refractivity contribution in [3.8, 4) is 11.4 Å². The van der Waals surface area contributed by atoms with E-state index in [1.165, 1.54) is 19.3 Å². The number of aryl methyl sites for hydroxylation is 1. The number of imidazole rings is 1. The van der Waals surface area contributed by atoms with Crippen molar-refractivity contribution in [2.75, 3.05) is 18.0 Å². The number of rotatable bonds is 2. The van der Waals surface area contributed by atoms with Crippen LogP contribution >= 0.6 is 0 Å². The monoisotopic (exact) mass is 293 g/mol. The Bertz CT molecular complexity index is 802. The molecule has 0 radical (unpaired) electrons. The number of fused-ring (bicyclic) bond motifs is 1. The van der Waals surface area contributed by atoms with Gasteiger partial charge in [0.1, 0.15) is 11.5 Å². The van der Waals surface area contributed by atoms with Crippen LogP contribution in [0.4, 0.5) is 5.82 Å². The number of pyridine rings is 1. The molecule has 112 valence electrons. The highest BCUT2D eigenvalue weighted by atomic mass is 15.3. The molecule has 4 rings (SSSR count). The Balaban J connectivity index is 1.80. The number of hydrogen-bond acceptors (Lipinski definition) is 4. The smallest absolute Gasteiger partial charge is 0.154 e. The van der Waals surface area contributed by atoms with Gasteiger partial charge in [0.05, 0.1) is 11.4 Å². The third-order valence-electron chi connectivity index (χ3n) is 4.22. The predicted molar refractivity (Wildman–Crippen MR) is 87.0 cm³/mol. The van der Waals surface area contributed by atoms with E-state index in [2.05, 4.69) is 27.1 Å². The van der Waals surface area contributed by atoms with E-state index in [1.807, 2.05) is 29.6 Å². The molecule has 5 heteroatoms. The third-order valence-corrected chi connectivity index (χ3v) is 4.22. The minimum atomic E-state index is 0.861. The van der Waals surface area contributed by atoms with Gasteiger partial charge in [-0.3, -0.25) is 0 Å². The third kappa shape index (κ3) is 2.22. The van der Waals surface area contributed by atoms with Crippen LogP contribution in [0.15, 0.2) is 36.5 Å². The van der Waals surface area contributed by atoms with Crippen molar-refractivity contribution < 1.29 is 0 Å².